The lowest BCUT2D eigenvalue weighted by Crippen LogP contribution is -2.29. The molecule has 1 aliphatic carbocycles. The van der Waals surface area contributed by atoms with Crippen LogP contribution in [-0.2, 0) is 11.8 Å². The number of amides is 1. The summed E-state index contributed by atoms with van der Waals surface area (Å²) in [4.78, 5) is 22.3. The van der Waals surface area contributed by atoms with Crippen LogP contribution in [0.1, 0.15) is 51.0 Å². The maximum atomic E-state index is 13.5. The summed E-state index contributed by atoms with van der Waals surface area (Å²) in [6, 6.07) is 7.78. The van der Waals surface area contributed by atoms with E-state index in [2.05, 4.69) is 43.8 Å². The van der Waals surface area contributed by atoms with Crippen molar-refractivity contribution in [3.05, 3.63) is 45.8 Å². The molecule has 1 aliphatic heterocycles. The monoisotopic (exact) mass is 593 g/mol. The summed E-state index contributed by atoms with van der Waals surface area (Å²) < 4.78 is 8.97. The Bertz CT molecular complexity index is 1500. The molecule has 2 N–H and O–H groups in total. The zero-order valence-electron chi connectivity index (χ0n) is 22.4. The number of aliphatic hydroxyl groups is 2. The number of ether oxygens (including phenoxy) is 1. The molecule has 1 amide bonds. The molecule has 204 valence electrons. The molecule has 0 unspecified atom stereocenters. The second kappa shape index (κ2) is 11.2. The number of nitrogens with zero attached hydrogens (tertiary/aromatic N) is 5. The Kier molecular flexibility index (Phi) is 7.71. The lowest BCUT2D eigenvalue weighted by molar-refractivity contribution is -0.112. The van der Waals surface area contributed by atoms with E-state index in [1.807, 2.05) is 32.2 Å². The standard InChI is InChI=1S/C29H32BrN5O4/c1-4-7-26(36)35(24-16-18(2)21(30)17-23(24)34-14-5-6-15-34)25-13-12-22-27(31-25)28(32-33(22)3)39-20-10-8-19(9-11-20)29(37)38/h12-13,16-17,20,37-38H,5-6,8-11,14-15H2,1-3H3. The normalized spacial score (nSPS) is 17.2. The molecule has 1 aromatic carbocycles. The molecule has 3 heterocycles. The van der Waals surface area contributed by atoms with Crippen LogP contribution >= 0.6 is 15.9 Å². The second-order valence-corrected chi connectivity index (χ2v) is 10.9. The van der Waals surface area contributed by atoms with Gasteiger partial charge in [-0.25, -0.2) is 4.98 Å². The van der Waals surface area contributed by atoms with Crippen LogP contribution in [0.5, 0.6) is 5.88 Å². The first-order valence-corrected chi connectivity index (χ1v) is 14.0. The molecule has 9 nitrogen and oxygen atoms in total. The van der Waals surface area contributed by atoms with Gasteiger partial charge < -0.3 is 19.8 Å². The van der Waals surface area contributed by atoms with E-state index in [0.29, 0.717) is 48.5 Å². The van der Waals surface area contributed by atoms with E-state index in [4.69, 9.17) is 9.72 Å². The van der Waals surface area contributed by atoms with Gasteiger partial charge >= 0.3 is 5.91 Å². The second-order valence-electron chi connectivity index (χ2n) is 10.0. The fourth-order valence-electron chi connectivity index (χ4n) is 5.29. The van der Waals surface area contributed by atoms with Gasteiger partial charge in [0.2, 0.25) is 0 Å². The minimum absolute atomic E-state index is 0.128. The van der Waals surface area contributed by atoms with E-state index in [9.17, 15) is 15.0 Å². The van der Waals surface area contributed by atoms with Gasteiger partial charge in [-0.15, -0.1) is 5.10 Å². The maximum absolute atomic E-state index is 13.5. The lowest BCUT2D eigenvalue weighted by atomic mass is 9.93. The minimum atomic E-state index is -0.584. The van der Waals surface area contributed by atoms with Gasteiger partial charge in [0.05, 0.1) is 16.9 Å². The predicted molar refractivity (Wildman–Crippen MR) is 155 cm³/mol. The van der Waals surface area contributed by atoms with E-state index in [1.165, 1.54) is 0 Å². The molecule has 0 bridgehead atoms. The number of hydrogen-bond donors (Lipinski definition) is 2. The molecule has 10 heteroatoms. The average molecular weight is 595 g/mol. The van der Waals surface area contributed by atoms with E-state index < -0.39 is 5.95 Å². The van der Waals surface area contributed by atoms with Crippen LogP contribution in [0, 0.1) is 18.8 Å². The largest absolute Gasteiger partial charge is 0.481 e. The third-order valence-corrected chi connectivity index (χ3v) is 8.24. The summed E-state index contributed by atoms with van der Waals surface area (Å²) in [5.74, 6) is 5.34. The molecule has 0 spiro atoms. The zero-order chi connectivity index (χ0) is 27.7. The first-order chi connectivity index (χ1) is 18.8. The first kappa shape index (κ1) is 26.9. The number of benzene rings is 1. The fourth-order valence-corrected chi connectivity index (χ4v) is 5.62. The van der Waals surface area contributed by atoms with Gasteiger partial charge in [0.15, 0.2) is 5.52 Å². The van der Waals surface area contributed by atoms with Crippen molar-refractivity contribution in [2.24, 2.45) is 7.05 Å². The molecule has 1 saturated heterocycles. The molecular weight excluding hydrogens is 562 g/mol. The topological polar surface area (TPSA) is 104 Å². The number of hydrogen-bond acceptors (Lipinski definition) is 7. The number of carbonyl (C=O) groups is 1. The highest BCUT2D eigenvalue weighted by Gasteiger charge is 2.28. The smallest absolute Gasteiger partial charge is 0.308 e. The van der Waals surface area contributed by atoms with Crippen LogP contribution in [0.2, 0.25) is 0 Å². The summed E-state index contributed by atoms with van der Waals surface area (Å²) in [7, 11) is 1.83. The molecular formula is C29H32BrN5O4. The first-order valence-electron chi connectivity index (χ1n) is 13.2. The number of rotatable bonds is 5. The van der Waals surface area contributed by atoms with Crippen molar-refractivity contribution in [3.8, 4) is 17.7 Å². The van der Waals surface area contributed by atoms with Crippen LogP contribution in [0.3, 0.4) is 0 Å². The Morgan fingerprint density at radius 2 is 1.90 bits per heavy atom. The number of aryl methyl sites for hydroxylation is 2. The predicted octanol–water partition coefficient (Wildman–Crippen LogP) is 5.98. The molecule has 2 aromatic heterocycles. The van der Waals surface area contributed by atoms with Crippen molar-refractivity contribution in [1.29, 1.82) is 0 Å². The van der Waals surface area contributed by atoms with Gasteiger partial charge in [0.25, 0.3) is 11.8 Å². The van der Waals surface area contributed by atoms with Gasteiger partial charge in [0, 0.05) is 30.2 Å². The highest BCUT2D eigenvalue weighted by atomic mass is 79.9. The number of aromatic nitrogens is 3. The van der Waals surface area contributed by atoms with Crippen LogP contribution < -0.4 is 14.5 Å². The Hall–Kier alpha value is -3.71. The van der Waals surface area contributed by atoms with Gasteiger partial charge in [-0.1, -0.05) is 21.9 Å². The number of aliphatic hydroxyl groups excluding tert-OH is 1. The molecule has 39 heavy (non-hydrogen) atoms. The van der Waals surface area contributed by atoms with Crippen molar-refractivity contribution in [3.63, 3.8) is 0 Å². The van der Waals surface area contributed by atoms with Crippen molar-refractivity contribution in [2.75, 3.05) is 22.9 Å². The van der Waals surface area contributed by atoms with Crippen LogP contribution in [0.4, 0.5) is 17.2 Å². The summed E-state index contributed by atoms with van der Waals surface area (Å²) in [5.41, 5.74) is 4.67. The van der Waals surface area contributed by atoms with Crippen molar-refractivity contribution >= 4 is 50.1 Å². The third kappa shape index (κ3) is 5.41. The number of fused-ring (bicyclic) bond motifs is 1. The summed E-state index contributed by atoms with van der Waals surface area (Å²) in [6.45, 7) is 5.49. The quantitative estimate of drug-likeness (QED) is 0.277. The van der Waals surface area contributed by atoms with Crippen LogP contribution in [-0.4, -0.2) is 50.1 Å². The SMILES string of the molecule is CC#CC(=O)N(c1ccc2c(n1)c(OC1CCC(=C(O)O)CC1)nn2C)c1cc(C)c(Br)cc1N1CCCC1. The lowest BCUT2D eigenvalue weighted by Gasteiger charge is -2.28. The van der Waals surface area contributed by atoms with Crippen molar-refractivity contribution < 1.29 is 19.7 Å². The van der Waals surface area contributed by atoms with Crippen LogP contribution in [0.25, 0.3) is 11.0 Å². The average Bonchev–Trinajstić information content (AvgIpc) is 3.55. The third-order valence-electron chi connectivity index (χ3n) is 7.39. The number of pyridine rings is 1. The fraction of sp³-hybridized carbons (Fsp3) is 0.414. The molecule has 1 saturated carbocycles. The van der Waals surface area contributed by atoms with E-state index in [-0.39, 0.29) is 12.0 Å². The van der Waals surface area contributed by atoms with E-state index in [0.717, 1.165) is 52.9 Å². The number of halogens is 1. The van der Waals surface area contributed by atoms with Gasteiger partial charge in [-0.2, -0.15) is 0 Å². The van der Waals surface area contributed by atoms with Crippen LogP contribution in [0.15, 0.2) is 40.3 Å². The van der Waals surface area contributed by atoms with Crippen molar-refractivity contribution in [2.45, 2.75) is 58.5 Å². The minimum Gasteiger partial charge on any atom is -0.481 e. The van der Waals surface area contributed by atoms with Gasteiger partial charge in [-0.3, -0.25) is 14.4 Å². The molecule has 0 atom stereocenters. The van der Waals surface area contributed by atoms with Gasteiger partial charge in [0.1, 0.15) is 11.9 Å². The Labute approximate surface area is 236 Å². The van der Waals surface area contributed by atoms with Crippen molar-refractivity contribution in [1.82, 2.24) is 14.8 Å². The zero-order valence-corrected chi connectivity index (χ0v) is 24.0. The van der Waals surface area contributed by atoms with E-state index in [1.54, 1.807) is 16.5 Å². The molecule has 3 aromatic rings. The van der Waals surface area contributed by atoms with Gasteiger partial charge in [-0.05, 0) is 88.1 Å². The molecule has 5 rings (SSSR count). The summed E-state index contributed by atoms with van der Waals surface area (Å²) >= 11 is 3.67. The Morgan fingerprint density at radius 3 is 2.56 bits per heavy atom. The summed E-state index contributed by atoms with van der Waals surface area (Å²) in [5, 5.41) is 23.4. The Balaban J connectivity index is 1.57. The number of anilines is 3. The number of allylic oxidation sites excluding steroid dienone is 1. The maximum Gasteiger partial charge on any atom is 0.308 e. The Morgan fingerprint density at radius 1 is 1.18 bits per heavy atom. The number of carbonyl (C=O) groups excluding carboxylic acids is 1. The molecule has 0 radical (unpaired) electrons. The molecule has 2 fully saturated rings. The summed E-state index contributed by atoms with van der Waals surface area (Å²) in [6.07, 6.45) is 4.47. The highest BCUT2D eigenvalue weighted by Crippen LogP contribution is 2.40. The highest BCUT2D eigenvalue weighted by molar-refractivity contribution is 9.10. The van der Waals surface area contributed by atoms with E-state index >= 15 is 0 Å². The molecule has 2 aliphatic rings.